The Kier molecular flexibility index (Phi) is 5.07. The number of hydrogen-bond donors (Lipinski definition) is 2. The Morgan fingerprint density at radius 1 is 1.35 bits per heavy atom. The number of quaternary nitrogens is 1. The lowest BCUT2D eigenvalue weighted by Gasteiger charge is -2.31. The lowest BCUT2D eigenvalue weighted by Crippen LogP contribution is -3.14. The van der Waals surface area contributed by atoms with Crippen molar-refractivity contribution in [2.24, 2.45) is 0 Å². The minimum atomic E-state index is -0.123. The molecule has 6 nitrogen and oxygen atoms in total. The van der Waals surface area contributed by atoms with Crippen LogP contribution >= 0.6 is 34.5 Å². The third kappa shape index (κ3) is 3.18. The number of ether oxygens (including phenoxy) is 1. The van der Waals surface area contributed by atoms with E-state index in [1.54, 1.807) is 6.07 Å². The highest BCUT2D eigenvalue weighted by Gasteiger charge is 2.35. The van der Waals surface area contributed by atoms with Crippen LogP contribution in [0.4, 0.5) is 0 Å². The molecule has 3 aromatic rings. The van der Waals surface area contributed by atoms with Crippen molar-refractivity contribution in [2.45, 2.75) is 19.4 Å². The second-order valence-corrected chi connectivity index (χ2v) is 8.09. The number of thiazole rings is 1. The molecule has 0 bridgehead atoms. The highest BCUT2D eigenvalue weighted by Crippen LogP contribution is 2.37. The van der Waals surface area contributed by atoms with Crippen LogP contribution in [-0.2, 0) is 11.2 Å². The standard InChI is InChI=1S/C17H18Cl2N4O2S/c1-2-13-20-17-23(21-13)16(24)15(26-17)14(22-5-7-25-8-6-22)11-4-3-10(18)9-12(11)19/h3-4,9,14,24H,2,5-8H2,1H3/p+1/t14-/m0/s1. The first-order chi connectivity index (χ1) is 12.6. The number of aromatic nitrogens is 3. The fraction of sp³-hybridized carbons (Fsp3) is 0.412. The van der Waals surface area contributed by atoms with Gasteiger partial charge >= 0.3 is 0 Å². The Balaban J connectivity index is 1.84. The molecule has 1 saturated heterocycles. The first-order valence-electron chi connectivity index (χ1n) is 8.53. The number of hydrogen-bond acceptors (Lipinski definition) is 5. The molecule has 26 heavy (non-hydrogen) atoms. The maximum absolute atomic E-state index is 10.9. The van der Waals surface area contributed by atoms with E-state index in [1.807, 2.05) is 19.1 Å². The molecular weight excluding hydrogens is 395 g/mol. The maximum Gasteiger partial charge on any atom is 0.235 e. The van der Waals surface area contributed by atoms with Gasteiger partial charge in [-0.2, -0.15) is 4.52 Å². The zero-order chi connectivity index (χ0) is 18.3. The summed E-state index contributed by atoms with van der Waals surface area (Å²) in [6.07, 6.45) is 0.727. The van der Waals surface area contributed by atoms with E-state index < -0.39 is 0 Å². The van der Waals surface area contributed by atoms with Gasteiger partial charge in [-0.15, -0.1) is 5.10 Å². The van der Waals surface area contributed by atoms with Gasteiger partial charge in [-0.3, -0.25) is 0 Å². The molecule has 1 fully saturated rings. The van der Waals surface area contributed by atoms with Crippen LogP contribution in [0.1, 0.15) is 29.2 Å². The van der Waals surface area contributed by atoms with E-state index in [0.29, 0.717) is 28.2 Å². The van der Waals surface area contributed by atoms with Gasteiger partial charge in [0.25, 0.3) is 0 Å². The Morgan fingerprint density at radius 2 is 2.12 bits per heavy atom. The number of morpholine rings is 1. The van der Waals surface area contributed by atoms with Crippen molar-refractivity contribution in [3.05, 3.63) is 44.5 Å². The average molecular weight is 414 g/mol. The molecule has 0 spiro atoms. The van der Waals surface area contributed by atoms with Crippen LogP contribution in [0.3, 0.4) is 0 Å². The van der Waals surface area contributed by atoms with Gasteiger partial charge in [-0.25, -0.2) is 4.98 Å². The molecule has 138 valence electrons. The monoisotopic (exact) mass is 413 g/mol. The van der Waals surface area contributed by atoms with Gasteiger partial charge in [0.2, 0.25) is 10.8 Å². The zero-order valence-electron chi connectivity index (χ0n) is 14.2. The fourth-order valence-corrected chi connectivity index (χ4v) is 5.00. The summed E-state index contributed by atoms with van der Waals surface area (Å²) in [7, 11) is 0. The second-order valence-electron chi connectivity index (χ2n) is 6.24. The van der Waals surface area contributed by atoms with Crippen LogP contribution in [0.2, 0.25) is 10.0 Å². The molecule has 2 aromatic heterocycles. The van der Waals surface area contributed by atoms with Crippen molar-refractivity contribution in [1.82, 2.24) is 14.6 Å². The van der Waals surface area contributed by atoms with Crippen LogP contribution in [0.5, 0.6) is 5.88 Å². The van der Waals surface area contributed by atoms with Gasteiger partial charge in [0.05, 0.1) is 18.2 Å². The third-order valence-corrected chi connectivity index (χ3v) is 6.29. The third-order valence-electron chi connectivity index (χ3n) is 4.64. The first kappa shape index (κ1) is 18.0. The van der Waals surface area contributed by atoms with E-state index in [-0.39, 0.29) is 11.9 Å². The Labute approximate surface area is 164 Å². The van der Waals surface area contributed by atoms with Crippen LogP contribution in [0.25, 0.3) is 4.96 Å². The van der Waals surface area contributed by atoms with Crippen LogP contribution in [0, 0.1) is 0 Å². The Bertz CT molecular complexity index is 936. The fourth-order valence-electron chi connectivity index (χ4n) is 3.33. The van der Waals surface area contributed by atoms with Crippen LogP contribution in [-0.4, -0.2) is 46.0 Å². The predicted molar refractivity (Wildman–Crippen MR) is 102 cm³/mol. The predicted octanol–water partition coefficient (Wildman–Crippen LogP) is 2.37. The second kappa shape index (κ2) is 7.32. The van der Waals surface area contributed by atoms with Gasteiger partial charge in [0.1, 0.15) is 18.0 Å². The number of benzene rings is 1. The van der Waals surface area contributed by atoms with Crippen LogP contribution < -0.4 is 4.90 Å². The van der Waals surface area contributed by atoms with Gasteiger partial charge in [-0.1, -0.05) is 41.5 Å². The lowest BCUT2D eigenvalue weighted by molar-refractivity contribution is -0.932. The minimum Gasteiger partial charge on any atom is -0.492 e. The summed E-state index contributed by atoms with van der Waals surface area (Å²) >= 11 is 14.1. The average Bonchev–Trinajstić information content (AvgIpc) is 3.18. The molecular formula is C17H19Cl2N4O2S+. The molecule has 0 radical (unpaired) electrons. The molecule has 0 unspecified atom stereocenters. The Morgan fingerprint density at radius 3 is 2.77 bits per heavy atom. The molecule has 1 atom stereocenters. The summed E-state index contributed by atoms with van der Waals surface area (Å²) in [4.78, 5) is 7.28. The maximum atomic E-state index is 10.9. The summed E-state index contributed by atoms with van der Waals surface area (Å²) in [5.41, 5.74) is 0.934. The minimum absolute atomic E-state index is 0.123. The number of fused-ring (bicyclic) bond motifs is 1. The van der Waals surface area contributed by atoms with E-state index in [0.717, 1.165) is 35.8 Å². The molecule has 0 aliphatic carbocycles. The number of nitrogens with zero attached hydrogens (tertiary/aromatic N) is 3. The SMILES string of the molecule is CCc1nc2sc([C@H](c3ccc(Cl)cc3Cl)[NH+]3CCOCC3)c(O)n2n1. The smallest absolute Gasteiger partial charge is 0.235 e. The van der Waals surface area contributed by atoms with E-state index in [1.165, 1.54) is 20.8 Å². The van der Waals surface area contributed by atoms with Crippen molar-refractivity contribution in [3.63, 3.8) is 0 Å². The summed E-state index contributed by atoms with van der Waals surface area (Å²) in [6, 6.07) is 5.39. The summed E-state index contributed by atoms with van der Waals surface area (Å²) in [5, 5.41) is 16.4. The molecule has 1 aliphatic rings. The Hall–Kier alpha value is -1.38. The highest BCUT2D eigenvalue weighted by molar-refractivity contribution is 7.17. The molecule has 9 heteroatoms. The number of aryl methyl sites for hydroxylation is 1. The summed E-state index contributed by atoms with van der Waals surface area (Å²) < 4.78 is 7.03. The van der Waals surface area contributed by atoms with Crippen molar-refractivity contribution >= 4 is 39.5 Å². The van der Waals surface area contributed by atoms with Gasteiger partial charge in [0.15, 0.2) is 11.9 Å². The van der Waals surface area contributed by atoms with Crippen LogP contribution in [0.15, 0.2) is 18.2 Å². The molecule has 0 amide bonds. The number of nitrogens with one attached hydrogen (secondary N) is 1. The molecule has 2 N–H and O–H groups in total. The van der Waals surface area contributed by atoms with E-state index in [9.17, 15) is 5.11 Å². The highest BCUT2D eigenvalue weighted by atomic mass is 35.5. The molecule has 4 rings (SSSR count). The van der Waals surface area contributed by atoms with Crippen molar-refractivity contribution in [1.29, 1.82) is 0 Å². The van der Waals surface area contributed by atoms with E-state index in [2.05, 4.69) is 10.1 Å². The number of aromatic hydroxyl groups is 1. The summed E-state index contributed by atoms with van der Waals surface area (Å²) in [6.45, 7) is 5.01. The van der Waals surface area contributed by atoms with Gasteiger partial charge < -0.3 is 14.7 Å². The number of halogens is 2. The van der Waals surface area contributed by atoms with Crippen molar-refractivity contribution in [2.75, 3.05) is 26.3 Å². The summed E-state index contributed by atoms with van der Waals surface area (Å²) in [5.74, 6) is 0.852. The quantitative estimate of drug-likeness (QED) is 0.688. The lowest BCUT2D eigenvalue weighted by atomic mass is 10.0. The topological polar surface area (TPSA) is 64.1 Å². The molecule has 0 saturated carbocycles. The molecule has 1 aromatic carbocycles. The van der Waals surface area contributed by atoms with E-state index in [4.69, 9.17) is 27.9 Å². The van der Waals surface area contributed by atoms with Gasteiger partial charge in [-0.05, 0) is 18.2 Å². The van der Waals surface area contributed by atoms with Crippen molar-refractivity contribution in [3.8, 4) is 5.88 Å². The molecule has 1 aliphatic heterocycles. The molecule has 3 heterocycles. The zero-order valence-corrected chi connectivity index (χ0v) is 16.5. The number of rotatable bonds is 4. The van der Waals surface area contributed by atoms with Crippen molar-refractivity contribution < 1.29 is 14.7 Å². The van der Waals surface area contributed by atoms with E-state index >= 15 is 0 Å². The first-order valence-corrected chi connectivity index (χ1v) is 10.1. The normalized spacial score (nSPS) is 17.0. The largest absolute Gasteiger partial charge is 0.492 e. The van der Waals surface area contributed by atoms with Gasteiger partial charge in [0, 0.05) is 17.0 Å².